The Morgan fingerprint density at radius 1 is 1.29 bits per heavy atom. The van der Waals surface area contributed by atoms with E-state index in [4.69, 9.17) is 5.73 Å². The molecule has 0 spiro atoms. The van der Waals surface area contributed by atoms with Crippen molar-refractivity contribution in [2.45, 2.75) is 57.9 Å². The van der Waals surface area contributed by atoms with Crippen LogP contribution >= 0.6 is 0 Å². The molecule has 0 bridgehead atoms. The van der Waals surface area contributed by atoms with E-state index in [1.165, 1.54) is 58.0 Å². The highest BCUT2D eigenvalue weighted by Gasteiger charge is 2.15. The SMILES string of the molecule is CC(N)CCCCNCCC1CCC1. The monoisotopic (exact) mass is 198 g/mol. The summed E-state index contributed by atoms with van der Waals surface area (Å²) < 4.78 is 0. The molecule has 14 heavy (non-hydrogen) atoms. The second-order valence-electron chi connectivity index (χ2n) is 4.81. The van der Waals surface area contributed by atoms with Gasteiger partial charge in [-0.2, -0.15) is 0 Å². The van der Waals surface area contributed by atoms with Gasteiger partial charge in [-0.1, -0.05) is 25.7 Å². The van der Waals surface area contributed by atoms with Crippen LogP contribution in [-0.2, 0) is 0 Å². The molecule has 2 heteroatoms. The number of unbranched alkanes of at least 4 members (excludes halogenated alkanes) is 1. The molecule has 3 N–H and O–H groups in total. The van der Waals surface area contributed by atoms with Crippen LogP contribution < -0.4 is 11.1 Å². The first-order valence-electron chi connectivity index (χ1n) is 6.25. The Morgan fingerprint density at radius 2 is 2.07 bits per heavy atom. The van der Waals surface area contributed by atoms with Gasteiger partial charge in [-0.05, 0) is 45.2 Å². The maximum absolute atomic E-state index is 5.68. The third kappa shape index (κ3) is 5.61. The summed E-state index contributed by atoms with van der Waals surface area (Å²) in [6, 6.07) is 0.380. The summed E-state index contributed by atoms with van der Waals surface area (Å²) in [7, 11) is 0. The summed E-state index contributed by atoms with van der Waals surface area (Å²) in [5.74, 6) is 1.05. The number of hydrogen-bond donors (Lipinski definition) is 2. The van der Waals surface area contributed by atoms with E-state index in [2.05, 4.69) is 12.2 Å². The van der Waals surface area contributed by atoms with Crippen LogP contribution in [0, 0.1) is 5.92 Å². The molecule has 0 aromatic rings. The van der Waals surface area contributed by atoms with Gasteiger partial charge in [-0.3, -0.25) is 0 Å². The highest BCUT2D eigenvalue weighted by molar-refractivity contribution is 4.70. The average Bonchev–Trinajstić information content (AvgIpc) is 2.06. The zero-order chi connectivity index (χ0) is 10.2. The smallest absolute Gasteiger partial charge is 0.00104 e. The molecule has 1 saturated carbocycles. The maximum Gasteiger partial charge on any atom is 0.00104 e. The first-order chi connectivity index (χ1) is 6.79. The minimum absolute atomic E-state index is 0.380. The van der Waals surface area contributed by atoms with Gasteiger partial charge < -0.3 is 11.1 Å². The molecule has 84 valence electrons. The molecular weight excluding hydrogens is 172 g/mol. The van der Waals surface area contributed by atoms with Crippen molar-refractivity contribution in [1.29, 1.82) is 0 Å². The Balaban J connectivity index is 1.71. The van der Waals surface area contributed by atoms with Crippen molar-refractivity contribution in [3.05, 3.63) is 0 Å². The minimum Gasteiger partial charge on any atom is -0.328 e. The number of nitrogens with two attached hydrogens (primary N) is 1. The standard InChI is InChI=1S/C12H26N2/c1-11(13)5-2-3-9-14-10-8-12-6-4-7-12/h11-12,14H,2-10,13H2,1H3. The first-order valence-corrected chi connectivity index (χ1v) is 6.25. The van der Waals surface area contributed by atoms with Crippen LogP contribution in [0.1, 0.15) is 51.9 Å². The van der Waals surface area contributed by atoms with Crippen molar-refractivity contribution in [3.63, 3.8) is 0 Å². The summed E-state index contributed by atoms with van der Waals surface area (Å²) in [4.78, 5) is 0. The third-order valence-corrected chi connectivity index (χ3v) is 3.22. The van der Waals surface area contributed by atoms with Gasteiger partial charge >= 0.3 is 0 Å². The van der Waals surface area contributed by atoms with Crippen LogP contribution in [0.4, 0.5) is 0 Å². The zero-order valence-electron chi connectivity index (χ0n) is 9.60. The van der Waals surface area contributed by atoms with E-state index in [9.17, 15) is 0 Å². The molecule has 0 saturated heterocycles. The molecular formula is C12H26N2. The third-order valence-electron chi connectivity index (χ3n) is 3.22. The number of nitrogens with one attached hydrogen (secondary N) is 1. The van der Waals surface area contributed by atoms with Crippen LogP contribution in [-0.4, -0.2) is 19.1 Å². The van der Waals surface area contributed by atoms with Crippen molar-refractivity contribution in [1.82, 2.24) is 5.32 Å². The van der Waals surface area contributed by atoms with E-state index in [0.29, 0.717) is 6.04 Å². The van der Waals surface area contributed by atoms with E-state index >= 15 is 0 Å². The van der Waals surface area contributed by atoms with Gasteiger partial charge in [0, 0.05) is 6.04 Å². The Morgan fingerprint density at radius 3 is 2.64 bits per heavy atom. The molecule has 0 heterocycles. The second kappa shape index (κ2) is 7.24. The van der Waals surface area contributed by atoms with Crippen molar-refractivity contribution >= 4 is 0 Å². The molecule has 0 aromatic carbocycles. The fourth-order valence-electron chi connectivity index (χ4n) is 1.93. The van der Waals surface area contributed by atoms with Gasteiger partial charge in [0.05, 0.1) is 0 Å². The minimum atomic E-state index is 0.380. The lowest BCUT2D eigenvalue weighted by molar-refractivity contribution is 0.292. The normalized spacial score (nSPS) is 19.3. The largest absolute Gasteiger partial charge is 0.328 e. The maximum atomic E-state index is 5.68. The van der Waals surface area contributed by atoms with Gasteiger partial charge in [0.15, 0.2) is 0 Å². The molecule has 0 amide bonds. The predicted molar refractivity (Wildman–Crippen MR) is 62.3 cm³/mol. The van der Waals surface area contributed by atoms with Crippen LogP contribution in [0.3, 0.4) is 0 Å². The topological polar surface area (TPSA) is 38.0 Å². The molecule has 0 aromatic heterocycles. The summed E-state index contributed by atoms with van der Waals surface area (Å²) in [5, 5.41) is 3.52. The van der Waals surface area contributed by atoms with Crippen molar-refractivity contribution in [2.24, 2.45) is 11.7 Å². The molecule has 1 rings (SSSR count). The van der Waals surface area contributed by atoms with Gasteiger partial charge in [0.1, 0.15) is 0 Å². The van der Waals surface area contributed by atoms with Crippen molar-refractivity contribution in [2.75, 3.05) is 13.1 Å². The first kappa shape index (κ1) is 12.0. The van der Waals surface area contributed by atoms with Crippen LogP contribution in [0.25, 0.3) is 0 Å². The predicted octanol–water partition coefficient (Wildman–Crippen LogP) is 2.28. The van der Waals surface area contributed by atoms with E-state index in [-0.39, 0.29) is 0 Å². The summed E-state index contributed by atoms with van der Waals surface area (Å²) in [6.45, 7) is 4.49. The van der Waals surface area contributed by atoms with Crippen LogP contribution in [0.15, 0.2) is 0 Å². The number of rotatable bonds is 8. The highest BCUT2D eigenvalue weighted by Crippen LogP contribution is 2.28. The second-order valence-corrected chi connectivity index (χ2v) is 4.81. The van der Waals surface area contributed by atoms with Crippen LogP contribution in [0.5, 0.6) is 0 Å². The van der Waals surface area contributed by atoms with Gasteiger partial charge in [-0.15, -0.1) is 0 Å². The Labute approximate surface area is 88.6 Å². The molecule has 1 fully saturated rings. The Kier molecular flexibility index (Phi) is 6.20. The lowest BCUT2D eigenvalue weighted by Gasteiger charge is -2.25. The Bertz CT molecular complexity index is 130. The highest BCUT2D eigenvalue weighted by atomic mass is 14.8. The summed E-state index contributed by atoms with van der Waals surface area (Å²) in [5.41, 5.74) is 5.68. The van der Waals surface area contributed by atoms with Gasteiger partial charge in [0.2, 0.25) is 0 Å². The quantitative estimate of drug-likeness (QED) is 0.587. The van der Waals surface area contributed by atoms with E-state index in [0.717, 1.165) is 5.92 Å². The fraction of sp³-hybridized carbons (Fsp3) is 1.00. The fourth-order valence-corrected chi connectivity index (χ4v) is 1.93. The molecule has 0 aliphatic heterocycles. The van der Waals surface area contributed by atoms with Crippen molar-refractivity contribution < 1.29 is 0 Å². The van der Waals surface area contributed by atoms with E-state index in [1.54, 1.807) is 0 Å². The molecule has 0 radical (unpaired) electrons. The van der Waals surface area contributed by atoms with Gasteiger partial charge in [0.25, 0.3) is 0 Å². The van der Waals surface area contributed by atoms with Crippen LogP contribution in [0.2, 0.25) is 0 Å². The summed E-state index contributed by atoms with van der Waals surface area (Å²) >= 11 is 0. The molecule has 1 aliphatic carbocycles. The molecule has 1 unspecified atom stereocenters. The average molecular weight is 198 g/mol. The molecule has 2 nitrogen and oxygen atoms in total. The van der Waals surface area contributed by atoms with Gasteiger partial charge in [-0.25, -0.2) is 0 Å². The van der Waals surface area contributed by atoms with E-state index in [1.807, 2.05) is 0 Å². The lowest BCUT2D eigenvalue weighted by atomic mass is 9.83. The zero-order valence-corrected chi connectivity index (χ0v) is 9.60. The van der Waals surface area contributed by atoms with Crippen molar-refractivity contribution in [3.8, 4) is 0 Å². The summed E-state index contributed by atoms with van der Waals surface area (Å²) in [6.07, 6.45) is 9.55. The Hall–Kier alpha value is -0.0800. The molecule has 1 aliphatic rings. The lowest BCUT2D eigenvalue weighted by Crippen LogP contribution is -2.22. The molecule has 1 atom stereocenters. The number of hydrogen-bond acceptors (Lipinski definition) is 2. The van der Waals surface area contributed by atoms with E-state index < -0.39 is 0 Å².